The van der Waals surface area contributed by atoms with Crippen LogP contribution in [0.5, 0.6) is 0 Å². The maximum atomic E-state index is 10.8. The molecule has 0 spiro atoms. The number of unbranched alkanes of at least 4 members (excludes halogenated alkanes) is 2. The summed E-state index contributed by atoms with van der Waals surface area (Å²) in [6.45, 7) is 3.88. The molecule has 0 saturated carbocycles. The summed E-state index contributed by atoms with van der Waals surface area (Å²) in [6.07, 6.45) is 4.26. The molecule has 0 aliphatic heterocycles. The predicted octanol–water partition coefficient (Wildman–Crippen LogP) is 3.91. The summed E-state index contributed by atoms with van der Waals surface area (Å²) in [5.41, 5.74) is 7.73. The van der Waals surface area contributed by atoms with Crippen molar-refractivity contribution in [1.29, 1.82) is 0 Å². The van der Waals surface area contributed by atoms with Crippen molar-refractivity contribution in [1.82, 2.24) is 0 Å². The second-order valence-electron chi connectivity index (χ2n) is 4.41. The SMILES string of the molecule is CCCCC[C@H](N)c1ccc(C)c([N+](=O)[O-])c1.Cl. The Morgan fingerprint density at radius 3 is 2.61 bits per heavy atom. The number of nitrogens with zero attached hydrogens (tertiary/aromatic N) is 1. The van der Waals surface area contributed by atoms with Crippen molar-refractivity contribution in [2.24, 2.45) is 5.73 Å². The molecule has 0 saturated heterocycles. The molecule has 5 heteroatoms. The molecule has 0 amide bonds. The van der Waals surface area contributed by atoms with E-state index in [4.69, 9.17) is 5.73 Å². The molecule has 0 heterocycles. The second-order valence-corrected chi connectivity index (χ2v) is 4.41. The van der Waals surface area contributed by atoms with Gasteiger partial charge >= 0.3 is 0 Å². The van der Waals surface area contributed by atoms with Gasteiger partial charge in [0.15, 0.2) is 0 Å². The molecule has 1 aromatic carbocycles. The number of rotatable bonds is 6. The van der Waals surface area contributed by atoms with Gasteiger partial charge < -0.3 is 5.73 Å². The summed E-state index contributed by atoms with van der Waals surface area (Å²) >= 11 is 0. The van der Waals surface area contributed by atoms with Crippen molar-refractivity contribution in [3.8, 4) is 0 Å². The molecular formula is C13H21ClN2O2. The zero-order chi connectivity index (χ0) is 12.8. The number of nitro benzene ring substituents is 1. The Labute approximate surface area is 114 Å². The van der Waals surface area contributed by atoms with E-state index in [0.717, 1.165) is 31.2 Å². The van der Waals surface area contributed by atoms with Crippen LogP contribution in [-0.4, -0.2) is 4.92 Å². The maximum absolute atomic E-state index is 10.8. The topological polar surface area (TPSA) is 69.2 Å². The first-order chi connectivity index (χ1) is 8.06. The first-order valence-corrected chi connectivity index (χ1v) is 6.06. The van der Waals surface area contributed by atoms with Gasteiger partial charge in [-0.1, -0.05) is 38.3 Å². The van der Waals surface area contributed by atoms with Crippen molar-refractivity contribution in [3.05, 3.63) is 39.4 Å². The molecule has 0 fully saturated rings. The fourth-order valence-electron chi connectivity index (χ4n) is 1.83. The highest BCUT2D eigenvalue weighted by Gasteiger charge is 2.14. The minimum atomic E-state index is -0.350. The van der Waals surface area contributed by atoms with E-state index in [2.05, 4.69) is 6.92 Å². The highest BCUT2D eigenvalue weighted by atomic mass is 35.5. The Hall–Kier alpha value is -1.13. The van der Waals surface area contributed by atoms with Crippen LogP contribution in [0.1, 0.15) is 49.8 Å². The van der Waals surface area contributed by atoms with E-state index in [0.29, 0.717) is 5.56 Å². The monoisotopic (exact) mass is 272 g/mol. The Morgan fingerprint density at radius 1 is 1.39 bits per heavy atom. The van der Waals surface area contributed by atoms with Gasteiger partial charge in [-0.15, -0.1) is 12.4 Å². The smallest absolute Gasteiger partial charge is 0.272 e. The summed E-state index contributed by atoms with van der Waals surface area (Å²) < 4.78 is 0. The molecule has 0 bridgehead atoms. The lowest BCUT2D eigenvalue weighted by atomic mass is 9.99. The number of halogens is 1. The van der Waals surface area contributed by atoms with Crippen LogP contribution in [0.3, 0.4) is 0 Å². The van der Waals surface area contributed by atoms with Crippen LogP contribution in [0.15, 0.2) is 18.2 Å². The summed E-state index contributed by atoms with van der Waals surface area (Å²) in [6, 6.07) is 5.17. The molecular weight excluding hydrogens is 252 g/mol. The molecule has 1 rings (SSSR count). The van der Waals surface area contributed by atoms with Gasteiger partial charge in [0, 0.05) is 17.7 Å². The van der Waals surface area contributed by atoms with Gasteiger partial charge in [-0.3, -0.25) is 10.1 Å². The van der Waals surface area contributed by atoms with Crippen LogP contribution in [-0.2, 0) is 0 Å². The predicted molar refractivity (Wildman–Crippen MR) is 76.2 cm³/mol. The number of hydrogen-bond acceptors (Lipinski definition) is 3. The number of aryl methyl sites for hydroxylation is 1. The van der Waals surface area contributed by atoms with E-state index in [1.807, 2.05) is 6.07 Å². The molecule has 0 aromatic heterocycles. The van der Waals surface area contributed by atoms with Crippen LogP contribution in [0.25, 0.3) is 0 Å². The van der Waals surface area contributed by atoms with Crippen LogP contribution < -0.4 is 5.73 Å². The fourth-order valence-corrected chi connectivity index (χ4v) is 1.83. The van der Waals surface area contributed by atoms with Crippen molar-refractivity contribution in [3.63, 3.8) is 0 Å². The Balaban J connectivity index is 0.00000289. The third-order valence-corrected chi connectivity index (χ3v) is 2.98. The van der Waals surface area contributed by atoms with Crippen LogP contribution in [0.2, 0.25) is 0 Å². The largest absolute Gasteiger partial charge is 0.324 e. The fraction of sp³-hybridized carbons (Fsp3) is 0.538. The average Bonchev–Trinajstić information content (AvgIpc) is 2.29. The average molecular weight is 273 g/mol. The molecule has 102 valence electrons. The molecule has 0 aliphatic carbocycles. The Kier molecular flexibility index (Phi) is 7.55. The van der Waals surface area contributed by atoms with Gasteiger partial charge in [0.2, 0.25) is 0 Å². The van der Waals surface area contributed by atoms with Gasteiger partial charge in [0.05, 0.1) is 4.92 Å². The number of nitro groups is 1. The zero-order valence-electron chi connectivity index (χ0n) is 10.9. The Morgan fingerprint density at radius 2 is 2.06 bits per heavy atom. The molecule has 0 unspecified atom stereocenters. The van der Waals surface area contributed by atoms with Crippen LogP contribution >= 0.6 is 12.4 Å². The number of hydrogen-bond donors (Lipinski definition) is 1. The lowest BCUT2D eigenvalue weighted by molar-refractivity contribution is -0.385. The zero-order valence-corrected chi connectivity index (χ0v) is 11.7. The van der Waals surface area contributed by atoms with E-state index in [1.165, 1.54) is 0 Å². The lowest BCUT2D eigenvalue weighted by Gasteiger charge is -2.12. The second kappa shape index (κ2) is 8.06. The summed E-state index contributed by atoms with van der Waals surface area (Å²) in [5, 5.41) is 10.8. The third kappa shape index (κ3) is 4.63. The normalized spacial score (nSPS) is 11.7. The minimum absolute atomic E-state index is 0. The highest BCUT2D eigenvalue weighted by Crippen LogP contribution is 2.24. The summed E-state index contributed by atoms with van der Waals surface area (Å²) in [7, 11) is 0. The molecule has 18 heavy (non-hydrogen) atoms. The van der Waals surface area contributed by atoms with Gasteiger partial charge in [-0.2, -0.15) is 0 Å². The van der Waals surface area contributed by atoms with Gasteiger partial charge in [0.1, 0.15) is 0 Å². The molecule has 0 aliphatic rings. The number of nitrogens with two attached hydrogens (primary N) is 1. The number of benzene rings is 1. The first kappa shape index (κ1) is 16.9. The van der Waals surface area contributed by atoms with Gasteiger partial charge in [-0.05, 0) is 18.9 Å². The summed E-state index contributed by atoms with van der Waals surface area (Å²) in [4.78, 5) is 10.5. The van der Waals surface area contributed by atoms with E-state index in [9.17, 15) is 10.1 Å². The molecule has 1 atom stereocenters. The van der Waals surface area contributed by atoms with Gasteiger partial charge in [0.25, 0.3) is 5.69 Å². The summed E-state index contributed by atoms with van der Waals surface area (Å²) in [5.74, 6) is 0. The highest BCUT2D eigenvalue weighted by molar-refractivity contribution is 5.85. The standard InChI is InChI=1S/C13H20N2O2.ClH/c1-3-4-5-6-12(14)11-8-7-10(2)13(9-11)15(16)17;/h7-9,12H,3-6,14H2,1-2H3;1H/t12-;/m0./s1. The van der Waals surface area contributed by atoms with E-state index >= 15 is 0 Å². The molecule has 0 radical (unpaired) electrons. The van der Waals surface area contributed by atoms with E-state index in [-0.39, 0.29) is 29.1 Å². The molecule has 2 N–H and O–H groups in total. The van der Waals surface area contributed by atoms with Crippen LogP contribution in [0, 0.1) is 17.0 Å². The van der Waals surface area contributed by atoms with E-state index < -0.39 is 0 Å². The van der Waals surface area contributed by atoms with Crippen molar-refractivity contribution >= 4 is 18.1 Å². The van der Waals surface area contributed by atoms with Gasteiger partial charge in [-0.25, -0.2) is 0 Å². The first-order valence-electron chi connectivity index (χ1n) is 6.06. The molecule has 1 aromatic rings. The quantitative estimate of drug-likeness (QED) is 0.485. The van der Waals surface area contributed by atoms with Crippen molar-refractivity contribution in [2.75, 3.05) is 0 Å². The van der Waals surface area contributed by atoms with Crippen molar-refractivity contribution < 1.29 is 4.92 Å². The molecule has 4 nitrogen and oxygen atoms in total. The van der Waals surface area contributed by atoms with Crippen molar-refractivity contribution in [2.45, 2.75) is 45.6 Å². The van der Waals surface area contributed by atoms with Crippen LogP contribution in [0.4, 0.5) is 5.69 Å². The lowest BCUT2D eigenvalue weighted by Crippen LogP contribution is -2.10. The van der Waals surface area contributed by atoms with E-state index in [1.54, 1.807) is 19.1 Å². The minimum Gasteiger partial charge on any atom is -0.324 e. The third-order valence-electron chi connectivity index (χ3n) is 2.98. The Bertz CT molecular complexity index is 397. The maximum Gasteiger partial charge on any atom is 0.272 e.